The first kappa shape index (κ1) is 14.5. The Hall–Kier alpha value is -0.910. The molecule has 0 amide bonds. The van der Waals surface area contributed by atoms with E-state index in [-0.39, 0.29) is 5.82 Å². The van der Waals surface area contributed by atoms with Gasteiger partial charge < -0.3 is 10.1 Å². The SMILES string of the molecule is CCNCc1cc(F)ccc1OCc1ccc(Br)s1. The molecular formula is C14H15BrFNOS. The molecule has 0 bridgehead atoms. The summed E-state index contributed by atoms with van der Waals surface area (Å²) in [7, 11) is 0. The molecule has 0 fully saturated rings. The van der Waals surface area contributed by atoms with E-state index in [2.05, 4.69) is 21.2 Å². The van der Waals surface area contributed by atoms with Gasteiger partial charge in [0.15, 0.2) is 0 Å². The standard InChI is InChI=1S/C14H15BrFNOS/c1-2-17-8-10-7-11(16)3-5-13(10)18-9-12-4-6-14(15)19-12/h3-7,17H,2,8-9H2,1H3. The second-order valence-electron chi connectivity index (χ2n) is 4.03. The molecule has 0 spiro atoms. The van der Waals surface area contributed by atoms with E-state index in [1.165, 1.54) is 12.1 Å². The quantitative estimate of drug-likeness (QED) is 0.842. The summed E-state index contributed by atoms with van der Waals surface area (Å²) in [4.78, 5) is 1.13. The molecule has 0 saturated heterocycles. The highest BCUT2D eigenvalue weighted by molar-refractivity contribution is 9.11. The number of thiophene rings is 1. The molecule has 1 heterocycles. The van der Waals surface area contributed by atoms with Crippen molar-refractivity contribution in [3.8, 4) is 5.75 Å². The number of nitrogens with one attached hydrogen (secondary N) is 1. The molecule has 1 N–H and O–H groups in total. The first-order chi connectivity index (χ1) is 9.19. The van der Waals surface area contributed by atoms with Gasteiger partial charge in [-0.05, 0) is 52.8 Å². The maximum absolute atomic E-state index is 13.3. The molecule has 0 unspecified atom stereocenters. The topological polar surface area (TPSA) is 21.3 Å². The summed E-state index contributed by atoms with van der Waals surface area (Å²) in [6.45, 7) is 3.97. The number of benzene rings is 1. The van der Waals surface area contributed by atoms with Gasteiger partial charge in [0, 0.05) is 17.0 Å². The highest BCUT2D eigenvalue weighted by Gasteiger charge is 2.06. The van der Waals surface area contributed by atoms with Gasteiger partial charge in [0.1, 0.15) is 18.2 Å². The van der Waals surface area contributed by atoms with Gasteiger partial charge in [-0.25, -0.2) is 4.39 Å². The Labute approximate surface area is 124 Å². The van der Waals surface area contributed by atoms with Crippen LogP contribution in [0, 0.1) is 5.82 Å². The van der Waals surface area contributed by atoms with Crippen LogP contribution in [-0.2, 0) is 13.2 Å². The van der Waals surface area contributed by atoms with Crippen molar-refractivity contribution in [3.63, 3.8) is 0 Å². The third-order valence-corrected chi connectivity index (χ3v) is 4.18. The fourth-order valence-electron chi connectivity index (χ4n) is 1.66. The van der Waals surface area contributed by atoms with Crippen molar-refractivity contribution in [3.05, 3.63) is 50.4 Å². The zero-order valence-corrected chi connectivity index (χ0v) is 13.0. The normalized spacial score (nSPS) is 10.7. The Bertz CT molecular complexity index is 544. The third kappa shape index (κ3) is 4.30. The van der Waals surface area contributed by atoms with E-state index in [0.29, 0.717) is 13.2 Å². The van der Waals surface area contributed by atoms with Gasteiger partial charge in [0.25, 0.3) is 0 Å². The summed E-state index contributed by atoms with van der Waals surface area (Å²) in [6.07, 6.45) is 0. The molecule has 102 valence electrons. The van der Waals surface area contributed by atoms with Crippen molar-refractivity contribution < 1.29 is 9.13 Å². The molecule has 1 aromatic carbocycles. The van der Waals surface area contributed by atoms with Crippen molar-refractivity contribution in [1.29, 1.82) is 0 Å². The molecule has 0 atom stereocenters. The molecule has 2 rings (SSSR count). The average molecular weight is 344 g/mol. The number of rotatable bonds is 6. The van der Waals surface area contributed by atoms with Gasteiger partial charge in [0.2, 0.25) is 0 Å². The second-order valence-corrected chi connectivity index (χ2v) is 6.57. The van der Waals surface area contributed by atoms with Crippen molar-refractivity contribution in [2.75, 3.05) is 6.54 Å². The fraction of sp³-hybridized carbons (Fsp3) is 0.286. The van der Waals surface area contributed by atoms with Crippen LogP contribution in [-0.4, -0.2) is 6.54 Å². The summed E-state index contributed by atoms with van der Waals surface area (Å²) in [5.41, 5.74) is 0.845. The van der Waals surface area contributed by atoms with Crippen molar-refractivity contribution in [1.82, 2.24) is 5.32 Å². The molecule has 0 aliphatic carbocycles. The Morgan fingerprint density at radius 3 is 2.84 bits per heavy atom. The minimum atomic E-state index is -0.237. The largest absolute Gasteiger partial charge is 0.488 e. The maximum atomic E-state index is 13.3. The van der Waals surface area contributed by atoms with Crippen LogP contribution >= 0.6 is 27.3 Å². The van der Waals surface area contributed by atoms with E-state index < -0.39 is 0 Å². The third-order valence-electron chi connectivity index (χ3n) is 2.59. The molecule has 0 aliphatic rings. The Morgan fingerprint density at radius 2 is 2.16 bits per heavy atom. The van der Waals surface area contributed by atoms with Gasteiger partial charge in [-0.1, -0.05) is 6.92 Å². The van der Waals surface area contributed by atoms with Crippen molar-refractivity contribution >= 4 is 27.3 Å². The summed E-state index contributed by atoms with van der Waals surface area (Å²) < 4.78 is 20.1. The Morgan fingerprint density at radius 1 is 1.32 bits per heavy atom. The first-order valence-electron chi connectivity index (χ1n) is 6.05. The molecule has 5 heteroatoms. The summed E-state index contributed by atoms with van der Waals surface area (Å²) >= 11 is 5.06. The van der Waals surface area contributed by atoms with E-state index in [0.717, 1.165) is 26.5 Å². The van der Waals surface area contributed by atoms with Crippen LogP contribution in [0.1, 0.15) is 17.4 Å². The number of hydrogen-bond donors (Lipinski definition) is 1. The number of ether oxygens (including phenoxy) is 1. The summed E-state index contributed by atoms with van der Waals surface area (Å²) in [5, 5.41) is 3.18. The minimum Gasteiger partial charge on any atom is -0.488 e. The molecule has 2 aromatic rings. The lowest BCUT2D eigenvalue weighted by Gasteiger charge is -2.11. The van der Waals surface area contributed by atoms with E-state index in [1.54, 1.807) is 17.4 Å². The Kier molecular flexibility index (Phi) is 5.36. The predicted octanol–water partition coefficient (Wildman–Crippen LogP) is 4.34. The number of hydrogen-bond acceptors (Lipinski definition) is 3. The van der Waals surface area contributed by atoms with E-state index in [4.69, 9.17) is 4.74 Å². The highest BCUT2D eigenvalue weighted by Crippen LogP contribution is 2.25. The summed E-state index contributed by atoms with van der Waals surface area (Å²) in [5.74, 6) is 0.492. The highest BCUT2D eigenvalue weighted by atomic mass is 79.9. The predicted molar refractivity (Wildman–Crippen MR) is 80.1 cm³/mol. The van der Waals surface area contributed by atoms with Crippen LogP contribution < -0.4 is 10.1 Å². The zero-order chi connectivity index (χ0) is 13.7. The zero-order valence-electron chi connectivity index (χ0n) is 10.6. The monoisotopic (exact) mass is 343 g/mol. The molecule has 19 heavy (non-hydrogen) atoms. The van der Waals surface area contributed by atoms with Gasteiger partial charge in [-0.2, -0.15) is 0 Å². The van der Waals surface area contributed by atoms with Gasteiger partial charge >= 0.3 is 0 Å². The van der Waals surface area contributed by atoms with E-state index in [9.17, 15) is 4.39 Å². The van der Waals surface area contributed by atoms with Crippen LogP contribution in [0.4, 0.5) is 4.39 Å². The van der Waals surface area contributed by atoms with Crippen LogP contribution in [0.3, 0.4) is 0 Å². The molecule has 1 aromatic heterocycles. The summed E-state index contributed by atoms with van der Waals surface area (Å²) in [6, 6.07) is 8.64. The Balaban J connectivity index is 2.05. The molecule has 0 saturated carbocycles. The van der Waals surface area contributed by atoms with E-state index in [1.807, 2.05) is 19.1 Å². The lowest BCUT2D eigenvalue weighted by Crippen LogP contribution is -2.13. The second kappa shape index (κ2) is 7.03. The van der Waals surface area contributed by atoms with Gasteiger partial charge in [-0.3, -0.25) is 0 Å². The van der Waals surface area contributed by atoms with Crippen LogP contribution in [0.2, 0.25) is 0 Å². The fourth-order valence-corrected chi connectivity index (χ4v) is 3.06. The molecule has 0 aliphatic heterocycles. The molecular weight excluding hydrogens is 329 g/mol. The minimum absolute atomic E-state index is 0.237. The molecule has 0 radical (unpaired) electrons. The van der Waals surface area contributed by atoms with Crippen LogP contribution in [0.25, 0.3) is 0 Å². The first-order valence-corrected chi connectivity index (χ1v) is 7.66. The van der Waals surface area contributed by atoms with Crippen molar-refractivity contribution in [2.45, 2.75) is 20.1 Å². The lowest BCUT2D eigenvalue weighted by molar-refractivity contribution is 0.305. The van der Waals surface area contributed by atoms with Gasteiger partial charge in [0.05, 0.1) is 3.79 Å². The van der Waals surface area contributed by atoms with Crippen LogP contribution in [0.5, 0.6) is 5.75 Å². The average Bonchev–Trinajstić information content (AvgIpc) is 2.81. The smallest absolute Gasteiger partial charge is 0.124 e. The molecule has 2 nitrogen and oxygen atoms in total. The van der Waals surface area contributed by atoms with Crippen molar-refractivity contribution in [2.24, 2.45) is 0 Å². The van der Waals surface area contributed by atoms with E-state index >= 15 is 0 Å². The maximum Gasteiger partial charge on any atom is 0.124 e. The van der Waals surface area contributed by atoms with Gasteiger partial charge in [-0.15, -0.1) is 11.3 Å². The lowest BCUT2D eigenvalue weighted by atomic mass is 10.2. The number of halogens is 2. The van der Waals surface area contributed by atoms with Crippen LogP contribution in [0.15, 0.2) is 34.1 Å².